The smallest absolute Gasteiger partial charge is 0.330 e. The first kappa shape index (κ1) is 13.1. The second kappa shape index (κ2) is 5.09. The van der Waals surface area contributed by atoms with Gasteiger partial charge in [-0.1, -0.05) is 30.3 Å². The highest BCUT2D eigenvalue weighted by Gasteiger charge is 2.49. The molecule has 1 aliphatic carbocycles. The molecule has 1 unspecified atom stereocenters. The van der Waals surface area contributed by atoms with Gasteiger partial charge in [0.1, 0.15) is 0 Å². The van der Waals surface area contributed by atoms with E-state index in [2.05, 4.69) is 5.32 Å². The van der Waals surface area contributed by atoms with E-state index in [4.69, 9.17) is 10.2 Å². The molecule has 0 aliphatic heterocycles. The van der Waals surface area contributed by atoms with Crippen molar-refractivity contribution in [3.05, 3.63) is 35.9 Å². The molecule has 2 rings (SSSR count). The number of rotatable bonds is 5. The third kappa shape index (κ3) is 2.90. The number of nitrogens with one attached hydrogen (secondary N) is 1. The van der Waals surface area contributed by atoms with Gasteiger partial charge in [-0.2, -0.15) is 0 Å². The lowest BCUT2D eigenvalue weighted by molar-refractivity contribution is -0.142. The van der Waals surface area contributed by atoms with E-state index in [1.165, 1.54) is 0 Å². The van der Waals surface area contributed by atoms with Crippen LogP contribution in [-0.4, -0.2) is 28.1 Å². The second-order valence-electron chi connectivity index (χ2n) is 4.48. The predicted molar refractivity (Wildman–Crippen MR) is 64.2 cm³/mol. The summed E-state index contributed by atoms with van der Waals surface area (Å²) < 4.78 is 0. The molecule has 0 aromatic heterocycles. The van der Waals surface area contributed by atoms with Crippen molar-refractivity contribution < 1.29 is 24.6 Å². The van der Waals surface area contributed by atoms with Crippen LogP contribution in [0.4, 0.5) is 0 Å². The van der Waals surface area contributed by atoms with Crippen molar-refractivity contribution in [2.24, 2.45) is 11.8 Å². The van der Waals surface area contributed by atoms with Gasteiger partial charge in [-0.15, -0.1) is 0 Å². The molecule has 1 aromatic carbocycles. The van der Waals surface area contributed by atoms with Gasteiger partial charge in [0, 0.05) is 0 Å². The summed E-state index contributed by atoms with van der Waals surface area (Å²) in [4.78, 5) is 33.6. The van der Waals surface area contributed by atoms with Crippen molar-refractivity contribution in [1.29, 1.82) is 0 Å². The lowest BCUT2D eigenvalue weighted by Crippen LogP contribution is -2.35. The van der Waals surface area contributed by atoms with Gasteiger partial charge in [0.05, 0.1) is 11.8 Å². The number of carbonyl (C=O) groups excluding carboxylic acids is 1. The van der Waals surface area contributed by atoms with Crippen molar-refractivity contribution in [2.45, 2.75) is 12.5 Å². The number of carbonyl (C=O) groups is 3. The Balaban J connectivity index is 2.05. The molecule has 1 fully saturated rings. The van der Waals surface area contributed by atoms with Gasteiger partial charge in [0.2, 0.25) is 5.91 Å². The zero-order chi connectivity index (χ0) is 14.0. The fourth-order valence-electron chi connectivity index (χ4n) is 1.94. The molecule has 1 saturated carbocycles. The van der Waals surface area contributed by atoms with Crippen LogP contribution in [0.2, 0.25) is 0 Å². The molecule has 1 amide bonds. The minimum absolute atomic E-state index is 0.266. The molecular formula is C13H13NO5. The normalized spacial score (nSPS) is 22.3. The van der Waals surface area contributed by atoms with Crippen LogP contribution in [0, 0.1) is 11.8 Å². The van der Waals surface area contributed by atoms with Gasteiger partial charge in [-0.3, -0.25) is 9.59 Å². The van der Waals surface area contributed by atoms with Gasteiger partial charge in [-0.05, 0) is 12.0 Å². The standard InChI is InChI=1S/C13H13NO5/c15-11(8-6-9(8)12(16)17)14-10(13(18)19)7-4-2-1-3-5-7/h1-5,8-10H,6H2,(H,14,15)(H,16,17)(H,18,19)/t8-,9+,10?/m1/s1. The molecule has 0 saturated heterocycles. The van der Waals surface area contributed by atoms with Crippen molar-refractivity contribution >= 4 is 17.8 Å². The number of hydrogen-bond acceptors (Lipinski definition) is 3. The summed E-state index contributed by atoms with van der Waals surface area (Å²) in [6.07, 6.45) is 0.266. The molecule has 1 aromatic rings. The summed E-state index contributed by atoms with van der Waals surface area (Å²) in [5, 5.41) is 20.2. The van der Waals surface area contributed by atoms with Crippen LogP contribution in [0.15, 0.2) is 30.3 Å². The molecule has 3 N–H and O–H groups in total. The van der Waals surface area contributed by atoms with Crippen LogP contribution >= 0.6 is 0 Å². The number of amides is 1. The molecule has 1 aliphatic rings. The Labute approximate surface area is 109 Å². The SMILES string of the molecule is O=C(O)C(NC(=O)[C@@H]1C[C@@H]1C(=O)O)c1ccccc1. The zero-order valence-corrected chi connectivity index (χ0v) is 9.95. The number of benzene rings is 1. The molecule has 100 valence electrons. The Bertz CT molecular complexity index is 513. The van der Waals surface area contributed by atoms with E-state index in [9.17, 15) is 14.4 Å². The van der Waals surface area contributed by atoms with Crippen LogP contribution in [-0.2, 0) is 14.4 Å². The van der Waals surface area contributed by atoms with Gasteiger partial charge < -0.3 is 15.5 Å². The first-order valence-electron chi connectivity index (χ1n) is 5.81. The fourth-order valence-corrected chi connectivity index (χ4v) is 1.94. The minimum atomic E-state index is -1.17. The summed E-state index contributed by atoms with van der Waals surface area (Å²) >= 11 is 0. The van der Waals surface area contributed by atoms with Crippen LogP contribution in [0.3, 0.4) is 0 Å². The highest BCUT2D eigenvalue weighted by Crippen LogP contribution is 2.39. The molecule has 19 heavy (non-hydrogen) atoms. The van der Waals surface area contributed by atoms with Crippen molar-refractivity contribution in [3.8, 4) is 0 Å². The van der Waals surface area contributed by atoms with Crippen molar-refractivity contribution in [3.63, 3.8) is 0 Å². The summed E-state index contributed by atoms with van der Waals surface area (Å²) in [5.41, 5.74) is 0.455. The summed E-state index contributed by atoms with van der Waals surface area (Å²) in [5.74, 6) is -4.03. The Morgan fingerprint density at radius 2 is 1.74 bits per heavy atom. The Morgan fingerprint density at radius 3 is 2.21 bits per heavy atom. The van der Waals surface area contributed by atoms with Crippen LogP contribution in [0.25, 0.3) is 0 Å². The number of carboxylic acid groups (broad SMARTS) is 2. The Hall–Kier alpha value is -2.37. The molecule has 0 bridgehead atoms. The molecule has 6 nitrogen and oxygen atoms in total. The largest absolute Gasteiger partial charge is 0.481 e. The van der Waals surface area contributed by atoms with Gasteiger partial charge in [0.15, 0.2) is 6.04 Å². The van der Waals surface area contributed by atoms with E-state index in [1.54, 1.807) is 30.3 Å². The molecule has 0 radical (unpaired) electrons. The van der Waals surface area contributed by atoms with Crippen molar-refractivity contribution in [2.75, 3.05) is 0 Å². The molecule has 0 spiro atoms. The summed E-state index contributed by atoms with van der Waals surface area (Å²) in [6.45, 7) is 0. The van der Waals surface area contributed by atoms with E-state index in [0.717, 1.165) is 0 Å². The number of aliphatic carboxylic acids is 2. The van der Waals surface area contributed by atoms with Crippen LogP contribution in [0.1, 0.15) is 18.0 Å². The predicted octanol–water partition coefficient (Wildman–Crippen LogP) is 0.649. The summed E-state index contributed by atoms with van der Waals surface area (Å²) in [6, 6.07) is 7.14. The van der Waals surface area contributed by atoms with E-state index < -0.39 is 35.7 Å². The minimum Gasteiger partial charge on any atom is -0.481 e. The Morgan fingerprint density at radius 1 is 1.11 bits per heavy atom. The zero-order valence-electron chi connectivity index (χ0n) is 9.95. The highest BCUT2D eigenvalue weighted by atomic mass is 16.4. The maximum absolute atomic E-state index is 11.8. The quantitative estimate of drug-likeness (QED) is 0.723. The number of hydrogen-bond donors (Lipinski definition) is 3. The third-order valence-corrected chi connectivity index (χ3v) is 3.11. The number of carboxylic acids is 2. The monoisotopic (exact) mass is 263 g/mol. The third-order valence-electron chi connectivity index (χ3n) is 3.11. The summed E-state index contributed by atoms with van der Waals surface area (Å²) in [7, 11) is 0. The first-order chi connectivity index (χ1) is 9.00. The molecule has 3 atom stereocenters. The molecular weight excluding hydrogens is 250 g/mol. The Kier molecular flexibility index (Phi) is 3.50. The van der Waals surface area contributed by atoms with Gasteiger partial charge in [-0.25, -0.2) is 4.79 Å². The molecule has 6 heteroatoms. The maximum atomic E-state index is 11.8. The van der Waals surface area contributed by atoms with Crippen LogP contribution < -0.4 is 5.32 Å². The average molecular weight is 263 g/mol. The van der Waals surface area contributed by atoms with E-state index in [1.807, 2.05) is 0 Å². The highest BCUT2D eigenvalue weighted by molar-refractivity contribution is 5.92. The second-order valence-corrected chi connectivity index (χ2v) is 4.48. The fraction of sp³-hybridized carbons (Fsp3) is 0.308. The average Bonchev–Trinajstić information content (AvgIpc) is 3.16. The molecule has 0 heterocycles. The van der Waals surface area contributed by atoms with E-state index in [0.29, 0.717) is 5.56 Å². The lowest BCUT2D eigenvalue weighted by Gasteiger charge is -2.14. The van der Waals surface area contributed by atoms with Gasteiger partial charge in [0.25, 0.3) is 0 Å². The lowest BCUT2D eigenvalue weighted by atomic mass is 10.1. The van der Waals surface area contributed by atoms with Crippen molar-refractivity contribution in [1.82, 2.24) is 5.32 Å². The first-order valence-corrected chi connectivity index (χ1v) is 5.81. The van der Waals surface area contributed by atoms with Gasteiger partial charge >= 0.3 is 11.9 Å². The van der Waals surface area contributed by atoms with E-state index >= 15 is 0 Å². The van der Waals surface area contributed by atoms with Crippen LogP contribution in [0.5, 0.6) is 0 Å². The van der Waals surface area contributed by atoms with E-state index in [-0.39, 0.29) is 6.42 Å². The maximum Gasteiger partial charge on any atom is 0.330 e. The topological polar surface area (TPSA) is 104 Å².